The number of nitrogens with zero attached hydrogens (tertiary/aromatic N) is 1. The van der Waals surface area contributed by atoms with Gasteiger partial charge in [0.15, 0.2) is 0 Å². The molecule has 122 valence electrons. The van der Waals surface area contributed by atoms with E-state index < -0.39 is 0 Å². The predicted octanol–water partition coefficient (Wildman–Crippen LogP) is 3.49. The Morgan fingerprint density at radius 3 is 2.59 bits per heavy atom. The van der Waals surface area contributed by atoms with Gasteiger partial charge in [-0.25, -0.2) is 0 Å². The summed E-state index contributed by atoms with van der Waals surface area (Å²) in [5.74, 6) is 0.601. The highest BCUT2D eigenvalue weighted by Gasteiger charge is 2.33. The van der Waals surface area contributed by atoms with E-state index in [1.54, 1.807) is 0 Å². The molecule has 1 aromatic carbocycles. The van der Waals surface area contributed by atoms with Crippen molar-refractivity contribution in [2.45, 2.75) is 37.8 Å². The van der Waals surface area contributed by atoms with Crippen LogP contribution in [0, 0.1) is 5.92 Å². The van der Waals surface area contributed by atoms with E-state index in [0.717, 1.165) is 51.9 Å². The number of benzene rings is 1. The Bertz CT molecular complexity index is 505. The molecule has 2 heterocycles. The molecule has 5 heteroatoms. The zero-order valence-electron chi connectivity index (χ0n) is 12.8. The highest BCUT2D eigenvalue weighted by molar-refractivity contribution is 6.42. The molecule has 0 spiro atoms. The Morgan fingerprint density at radius 1 is 1.14 bits per heavy atom. The molecular weight excluding hydrogens is 319 g/mol. The number of halogens is 2. The van der Waals surface area contributed by atoms with E-state index in [4.69, 9.17) is 23.2 Å². The zero-order valence-corrected chi connectivity index (χ0v) is 14.3. The number of aliphatic hydroxyl groups excluding tert-OH is 1. The van der Waals surface area contributed by atoms with Crippen LogP contribution in [0.4, 0.5) is 0 Å². The molecule has 2 saturated heterocycles. The van der Waals surface area contributed by atoms with Crippen molar-refractivity contribution in [2.75, 3.05) is 26.2 Å². The van der Waals surface area contributed by atoms with E-state index in [2.05, 4.69) is 16.3 Å². The number of β-amino-alcohol motifs (C(OH)–C–C–N with tert-alkyl or cyclic N) is 1. The Morgan fingerprint density at radius 2 is 1.91 bits per heavy atom. The number of likely N-dealkylation sites (tertiary alicyclic amines) is 1. The van der Waals surface area contributed by atoms with E-state index in [-0.39, 0.29) is 6.10 Å². The molecule has 0 aromatic heterocycles. The van der Waals surface area contributed by atoms with Gasteiger partial charge < -0.3 is 10.4 Å². The first-order valence-electron chi connectivity index (χ1n) is 8.23. The number of rotatable bonds is 3. The molecule has 2 unspecified atom stereocenters. The number of aliphatic hydroxyl groups is 1. The van der Waals surface area contributed by atoms with Gasteiger partial charge in [-0.1, -0.05) is 29.3 Å². The predicted molar refractivity (Wildman–Crippen MR) is 91.6 cm³/mol. The molecule has 2 fully saturated rings. The van der Waals surface area contributed by atoms with Gasteiger partial charge in [0.2, 0.25) is 0 Å². The van der Waals surface area contributed by atoms with Gasteiger partial charge in [0.1, 0.15) is 0 Å². The van der Waals surface area contributed by atoms with Crippen molar-refractivity contribution in [3.8, 4) is 0 Å². The van der Waals surface area contributed by atoms with Gasteiger partial charge in [-0.05, 0) is 68.9 Å². The summed E-state index contributed by atoms with van der Waals surface area (Å²) in [7, 11) is 0. The summed E-state index contributed by atoms with van der Waals surface area (Å²) >= 11 is 12.3. The second-order valence-corrected chi connectivity index (χ2v) is 7.31. The first kappa shape index (κ1) is 16.5. The van der Waals surface area contributed by atoms with Gasteiger partial charge in [-0.2, -0.15) is 0 Å². The topological polar surface area (TPSA) is 35.5 Å². The molecule has 1 aromatic rings. The zero-order chi connectivity index (χ0) is 15.5. The summed E-state index contributed by atoms with van der Waals surface area (Å²) in [6, 6.07) is 6.33. The Labute approximate surface area is 142 Å². The minimum atomic E-state index is -0.208. The molecule has 2 atom stereocenters. The molecular formula is C17H24Cl2N2O. The van der Waals surface area contributed by atoms with Crippen LogP contribution in [0.15, 0.2) is 18.2 Å². The summed E-state index contributed by atoms with van der Waals surface area (Å²) in [5, 5.41) is 14.7. The first-order valence-corrected chi connectivity index (χ1v) is 8.98. The molecule has 0 saturated carbocycles. The second kappa shape index (κ2) is 7.50. The fourth-order valence-corrected chi connectivity index (χ4v) is 4.18. The average molecular weight is 343 g/mol. The van der Waals surface area contributed by atoms with Crippen molar-refractivity contribution in [3.05, 3.63) is 33.8 Å². The van der Waals surface area contributed by atoms with Crippen LogP contribution in [0.25, 0.3) is 0 Å². The maximum absolute atomic E-state index is 10.1. The monoisotopic (exact) mass is 342 g/mol. The molecule has 2 N–H and O–H groups in total. The quantitative estimate of drug-likeness (QED) is 0.882. The number of hydrogen-bond donors (Lipinski definition) is 2. The lowest BCUT2D eigenvalue weighted by Crippen LogP contribution is -2.45. The van der Waals surface area contributed by atoms with Crippen LogP contribution >= 0.6 is 23.2 Å². The maximum Gasteiger partial charge on any atom is 0.0667 e. The lowest BCUT2D eigenvalue weighted by Gasteiger charge is -2.42. The molecule has 2 aliphatic heterocycles. The van der Waals surface area contributed by atoms with Gasteiger partial charge >= 0.3 is 0 Å². The van der Waals surface area contributed by atoms with Crippen LogP contribution in [0.1, 0.15) is 37.3 Å². The Hall–Kier alpha value is -0.320. The molecule has 0 amide bonds. The fraction of sp³-hybridized carbons (Fsp3) is 0.647. The van der Waals surface area contributed by atoms with Gasteiger partial charge in [-0.15, -0.1) is 0 Å². The lowest BCUT2D eigenvalue weighted by atomic mass is 9.84. The van der Waals surface area contributed by atoms with E-state index >= 15 is 0 Å². The molecule has 0 bridgehead atoms. The second-order valence-electron chi connectivity index (χ2n) is 6.50. The van der Waals surface area contributed by atoms with Crippen LogP contribution in [0.5, 0.6) is 0 Å². The summed E-state index contributed by atoms with van der Waals surface area (Å²) in [5.41, 5.74) is 1.23. The molecule has 0 aliphatic carbocycles. The van der Waals surface area contributed by atoms with Crippen molar-refractivity contribution in [1.82, 2.24) is 10.2 Å². The highest BCUT2D eigenvalue weighted by atomic mass is 35.5. The minimum absolute atomic E-state index is 0.208. The van der Waals surface area contributed by atoms with E-state index in [1.807, 2.05) is 12.1 Å². The van der Waals surface area contributed by atoms with Crippen molar-refractivity contribution in [2.24, 2.45) is 5.92 Å². The maximum atomic E-state index is 10.1. The summed E-state index contributed by atoms with van der Waals surface area (Å²) in [4.78, 5) is 2.45. The molecule has 3 rings (SSSR count). The van der Waals surface area contributed by atoms with Crippen molar-refractivity contribution < 1.29 is 5.11 Å². The molecule has 3 nitrogen and oxygen atoms in total. The summed E-state index contributed by atoms with van der Waals surface area (Å²) < 4.78 is 0. The Kier molecular flexibility index (Phi) is 5.64. The van der Waals surface area contributed by atoms with E-state index in [9.17, 15) is 5.11 Å². The number of piperidine rings is 2. The largest absolute Gasteiger partial charge is 0.392 e. The molecule has 0 radical (unpaired) electrons. The number of nitrogens with one attached hydrogen (secondary N) is 1. The SMILES string of the molecule is OC1CCCN(C(c2ccc(Cl)c(Cl)c2)C2CCNCC2)C1. The Balaban J connectivity index is 1.88. The first-order chi connectivity index (χ1) is 10.6. The van der Waals surface area contributed by atoms with Gasteiger partial charge in [0.05, 0.1) is 16.1 Å². The highest BCUT2D eigenvalue weighted by Crippen LogP contribution is 2.38. The summed E-state index contributed by atoms with van der Waals surface area (Å²) in [6.45, 7) is 3.94. The van der Waals surface area contributed by atoms with Gasteiger partial charge in [0, 0.05) is 12.6 Å². The van der Waals surface area contributed by atoms with Crippen LogP contribution in [-0.4, -0.2) is 42.3 Å². The van der Waals surface area contributed by atoms with Crippen molar-refractivity contribution in [3.63, 3.8) is 0 Å². The van der Waals surface area contributed by atoms with Crippen molar-refractivity contribution in [1.29, 1.82) is 0 Å². The minimum Gasteiger partial charge on any atom is -0.392 e. The third-order valence-corrected chi connectivity index (χ3v) is 5.68. The van der Waals surface area contributed by atoms with Crippen LogP contribution in [0.3, 0.4) is 0 Å². The lowest BCUT2D eigenvalue weighted by molar-refractivity contribution is 0.0230. The van der Waals surface area contributed by atoms with Gasteiger partial charge in [0.25, 0.3) is 0 Å². The van der Waals surface area contributed by atoms with Crippen LogP contribution in [0.2, 0.25) is 10.0 Å². The van der Waals surface area contributed by atoms with E-state index in [0.29, 0.717) is 22.0 Å². The summed E-state index contributed by atoms with van der Waals surface area (Å²) in [6.07, 6.45) is 4.09. The standard InChI is InChI=1S/C17H24Cl2N2O/c18-15-4-3-13(10-16(15)19)17(12-5-7-20-8-6-12)21-9-1-2-14(22)11-21/h3-4,10,12,14,17,20,22H,1-2,5-9,11H2. The average Bonchev–Trinajstić information content (AvgIpc) is 2.52. The normalized spacial score (nSPS) is 26.0. The molecule has 2 aliphatic rings. The molecule has 22 heavy (non-hydrogen) atoms. The fourth-order valence-electron chi connectivity index (χ4n) is 3.87. The van der Waals surface area contributed by atoms with Crippen LogP contribution in [-0.2, 0) is 0 Å². The third kappa shape index (κ3) is 3.77. The van der Waals surface area contributed by atoms with Gasteiger partial charge in [-0.3, -0.25) is 4.90 Å². The smallest absolute Gasteiger partial charge is 0.0667 e. The van der Waals surface area contributed by atoms with Crippen LogP contribution < -0.4 is 5.32 Å². The van der Waals surface area contributed by atoms with Crippen molar-refractivity contribution >= 4 is 23.2 Å². The third-order valence-electron chi connectivity index (χ3n) is 4.94. The van der Waals surface area contributed by atoms with E-state index in [1.165, 1.54) is 5.56 Å². The number of hydrogen-bond acceptors (Lipinski definition) is 3.